The van der Waals surface area contributed by atoms with Crippen LogP contribution in [0.15, 0.2) is 61.3 Å². The molecule has 0 radical (unpaired) electrons. The van der Waals surface area contributed by atoms with Gasteiger partial charge in [-0.3, -0.25) is 9.36 Å². The SMILES string of the molecule is CC(C)NC(=O)Nc1ccc(NC(=O)c2ccc(-n3ccnc3)nc2)cc1. The molecule has 0 saturated heterocycles. The number of benzene rings is 1. The van der Waals surface area contributed by atoms with Crippen molar-refractivity contribution in [3.05, 3.63) is 66.9 Å². The van der Waals surface area contributed by atoms with Crippen LogP contribution in [0.2, 0.25) is 0 Å². The summed E-state index contributed by atoms with van der Waals surface area (Å²) in [5, 5.41) is 8.27. The number of hydrogen-bond acceptors (Lipinski definition) is 4. The minimum absolute atomic E-state index is 0.0531. The first-order chi connectivity index (χ1) is 13.0. The normalized spacial score (nSPS) is 10.5. The van der Waals surface area contributed by atoms with E-state index in [9.17, 15) is 9.59 Å². The number of rotatable bonds is 5. The van der Waals surface area contributed by atoms with Crippen LogP contribution in [0.1, 0.15) is 24.2 Å². The van der Waals surface area contributed by atoms with Gasteiger partial charge in [-0.2, -0.15) is 0 Å². The molecule has 0 aliphatic rings. The van der Waals surface area contributed by atoms with E-state index in [2.05, 4.69) is 25.9 Å². The number of hydrogen-bond donors (Lipinski definition) is 3. The summed E-state index contributed by atoms with van der Waals surface area (Å²) in [5.41, 5.74) is 1.70. The van der Waals surface area contributed by atoms with E-state index in [-0.39, 0.29) is 18.0 Å². The molecule has 0 saturated carbocycles. The Labute approximate surface area is 156 Å². The Morgan fingerprint density at radius 1 is 1.00 bits per heavy atom. The van der Waals surface area contributed by atoms with E-state index < -0.39 is 0 Å². The third-order valence-electron chi connectivity index (χ3n) is 3.60. The number of carbonyl (C=O) groups excluding carboxylic acids is 2. The molecular formula is C19H20N6O2. The standard InChI is InChI=1S/C19H20N6O2/c1-13(2)22-19(27)24-16-6-4-15(5-7-16)23-18(26)14-3-8-17(21-11-14)25-10-9-20-12-25/h3-13H,1-2H3,(H,23,26)(H2,22,24,27). The molecule has 0 atom stereocenters. The van der Waals surface area contributed by atoms with Gasteiger partial charge in [0.25, 0.3) is 5.91 Å². The van der Waals surface area contributed by atoms with Crippen molar-refractivity contribution in [2.75, 3.05) is 10.6 Å². The molecule has 0 spiro atoms. The number of imidazole rings is 1. The van der Waals surface area contributed by atoms with E-state index in [1.165, 1.54) is 6.20 Å². The van der Waals surface area contributed by atoms with Gasteiger partial charge in [0, 0.05) is 36.0 Å². The Morgan fingerprint density at radius 3 is 2.26 bits per heavy atom. The molecule has 3 rings (SSSR count). The highest BCUT2D eigenvalue weighted by Gasteiger charge is 2.08. The topological polar surface area (TPSA) is 101 Å². The Hall–Kier alpha value is -3.68. The largest absolute Gasteiger partial charge is 0.336 e. The van der Waals surface area contributed by atoms with Gasteiger partial charge in [0.15, 0.2) is 0 Å². The van der Waals surface area contributed by atoms with Gasteiger partial charge in [-0.15, -0.1) is 0 Å². The second kappa shape index (κ2) is 8.13. The zero-order valence-electron chi connectivity index (χ0n) is 15.0. The van der Waals surface area contributed by atoms with E-state index in [0.29, 0.717) is 22.8 Å². The second-order valence-electron chi connectivity index (χ2n) is 6.16. The van der Waals surface area contributed by atoms with E-state index in [0.717, 1.165) is 0 Å². The Kier molecular flexibility index (Phi) is 5.46. The first-order valence-electron chi connectivity index (χ1n) is 8.44. The van der Waals surface area contributed by atoms with Crippen LogP contribution in [0.3, 0.4) is 0 Å². The molecule has 3 aromatic rings. The zero-order chi connectivity index (χ0) is 19.2. The Bertz CT molecular complexity index is 902. The molecular weight excluding hydrogens is 344 g/mol. The van der Waals surface area contributed by atoms with Gasteiger partial charge >= 0.3 is 6.03 Å². The molecule has 0 fully saturated rings. The third kappa shape index (κ3) is 4.91. The minimum Gasteiger partial charge on any atom is -0.336 e. The van der Waals surface area contributed by atoms with Crippen molar-refractivity contribution in [1.82, 2.24) is 19.9 Å². The molecule has 0 bridgehead atoms. The number of aromatic nitrogens is 3. The summed E-state index contributed by atoms with van der Waals surface area (Å²) in [6, 6.07) is 10.1. The summed E-state index contributed by atoms with van der Waals surface area (Å²) < 4.78 is 1.75. The van der Waals surface area contributed by atoms with Crippen LogP contribution < -0.4 is 16.0 Å². The predicted molar refractivity (Wildman–Crippen MR) is 103 cm³/mol. The number of pyridine rings is 1. The quantitative estimate of drug-likeness (QED) is 0.648. The molecule has 27 heavy (non-hydrogen) atoms. The van der Waals surface area contributed by atoms with Crippen LogP contribution in [0.5, 0.6) is 0 Å². The van der Waals surface area contributed by atoms with Crippen molar-refractivity contribution >= 4 is 23.3 Å². The lowest BCUT2D eigenvalue weighted by molar-refractivity contribution is 0.102. The summed E-state index contributed by atoms with van der Waals surface area (Å²) in [6.45, 7) is 3.77. The highest BCUT2D eigenvalue weighted by Crippen LogP contribution is 2.15. The van der Waals surface area contributed by atoms with Gasteiger partial charge in [0.2, 0.25) is 0 Å². The maximum atomic E-state index is 12.3. The highest BCUT2D eigenvalue weighted by molar-refractivity contribution is 6.04. The van der Waals surface area contributed by atoms with Gasteiger partial charge in [-0.25, -0.2) is 14.8 Å². The number of carbonyl (C=O) groups is 2. The first-order valence-corrected chi connectivity index (χ1v) is 8.44. The average Bonchev–Trinajstić information content (AvgIpc) is 3.17. The van der Waals surface area contributed by atoms with E-state index in [1.807, 2.05) is 13.8 Å². The third-order valence-corrected chi connectivity index (χ3v) is 3.60. The summed E-state index contributed by atoms with van der Waals surface area (Å²) in [7, 11) is 0. The molecule has 2 heterocycles. The molecule has 2 aromatic heterocycles. The number of amides is 3. The number of anilines is 2. The molecule has 3 amide bonds. The minimum atomic E-state index is -0.272. The number of nitrogens with one attached hydrogen (secondary N) is 3. The predicted octanol–water partition coefficient (Wildman–Crippen LogP) is 3.05. The summed E-state index contributed by atoms with van der Waals surface area (Å²) >= 11 is 0. The summed E-state index contributed by atoms with van der Waals surface area (Å²) in [6.07, 6.45) is 6.59. The molecule has 1 aromatic carbocycles. The van der Waals surface area contributed by atoms with Crippen LogP contribution in [0.25, 0.3) is 5.82 Å². The fourth-order valence-corrected chi connectivity index (χ4v) is 2.34. The molecule has 8 heteroatoms. The lowest BCUT2D eigenvalue weighted by Crippen LogP contribution is -2.34. The van der Waals surface area contributed by atoms with Crippen LogP contribution in [-0.4, -0.2) is 32.5 Å². The van der Waals surface area contributed by atoms with Gasteiger partial charge in [-0.05, 0) is 50.2 Å². The Balaban J connectivity index is 1.60. The first kappa shape index (κ1) is 18.1. The van der Waals surface area contributed by atoms with Crippen molar-refractivity contribution in [3.63, 3.8) is 0 Å². The van der Waals surface area contributed by atoms with Gasteiger partial charge in [0.05, 0.1) is 5.56 Å². The van der Waals surface area contributed by atoms with Crippen molar-refractivity contribution in [3.8, 4) is 5.82 Å². The molecule has 0 aliphatic heterocycles. The summed E-state index contributed by atoms with van der Waals surface area (Å²) in [4.78, 5) is 32.3. The van der Waals surface area contributed by atoms with Crippen LogP contribution >= 0.6 is 0 Å². The molecule has 0 unspecified atom stereocenters. The fourth-order valence-electron chi connectivity index (χ4n) is 2.34. The van der Waals surface area contributed by atoms with Crippen molar-refractivity contribution in [2.24, 2.45) is 0 Å². The monoisotopic (exact) mass is 364 g/mol. The highest BCUT2D eigenvalue weighted by atomic mass is 16.2. The molecule has 3 N–H and O–H groups in total. The fraction of sp³-hybridized carbons (Fsp3) is 0.158. The average molecular weight is 364 g/mol. The van der Waals surface area contributed by atoms with Gasteiger partial charge < -0.3 is 16.0 Å². The zero-order valence-corrected chi connectivity index (χ0v) is 15.0. The molecule has 8 nitrogen and oxygen atoms in total. The van der Waals surface area contributed by atoms with Crippen LogP contribution in [0.4, 0.5) is 16.2 Å². The van der Waals surface area contributed by atoms with Gasteiger partial charge in [-0.1, -0.05) is 0 Å². The van der Waals surface area contributed by atoms with Crippen molar-refractivity contribution < 1.29 is 9.59 Å². The van der Waals surface area contributed by atoms with Crippen LogP contribution in [-0.2, 0) is 0 Å². The Morgan fingerprint density at radius 2 is 1.70 bits per heavy atom. The maximum absolute atomic E-state index is 12.3. The maximum Gasteiger partial charge on any atom is 0.319 e. The molecule has 0 aliphatic carbocycles. The number of nitrogens with zero attached hydrogens (tertiary/aromatic N) is 3. The number of urea groups is 1. The lowest BCUT2D eigenvalue weighted by Gasteiger charge is -2.11. The molecule has 138 valence electrons. The lowest BCUT2D eigenvalue weighted by atomic mass is 10.2. The van der Waals surface area contributed by atoms with E-state index in [4.69, 9.17) is 0 Å². The van der Waals surface area contributed by atoms with E-state index >= 15 is 0 Å². The van der Waals surface area contributed by atoms with Crippen molar-refractivity contribution in [2.45, 2.75) is 19.9 Å². The van der Waals surface area contributed by atoms with Crippen LogP contribution in [0, 0.1) is 0 Å². The van der Waals surface area contributed by atoms with E-state index in [1.54, 1.807) is 59.7 Å². The second-order valence-corrected chi connectivity index (χ2v) is 6.16. The smallest absolute Gasteiger partial charge is 0.319 e. The summed E-state index contributed by atoms with van der Waals surface area (Å²) in [5.74, 6) is 0.414. The van der Waals surface area contributed by atoms with Crippen molar-refractivity contribution in [1.29, 1.82) is 0 Å². The van der Waals surface area contributed by atoms with Gasteiger partial charge in [0.1, 0.15) is 12.1 Å².